The summed E-state index contributed by atoms with van der Waals surface area (Å²) in [5, 5.41) is 9.24. The van der Waals surface area contributed by atoms with E-state index >= 15 is 0 Å². The number of ether oxygens (including phenoxy) is 1. The summed E-state index contributed by atoms with van der Waals surface area (Å²) in [5.74, 6) is 5.14. The minimum atomic E-state index is -0.0326. The van der Waals surface area contributed by atoms with Crippen molar-refractivity contribution in [2.75, 3.05) is 33.8 Å². The number of carbonyl (C=O) groups is 1. The second kappa shape index (κ2) is 13.9. The van der Waals surface area contributed by atoms with Gasteiger partial charge in [0.2, 0.25) is 0 Å². The molecule has 0 aromatic carbocycles. The van der Waals surface area contributed by atoms with Crippen LogP contribution in [-0.2, 0) is 9.53 Å². The van der Waals surface area contributed by atoms with Crippen molar-refractivity contribution in [3.8, 4) is 0 Å². The molecular weight excluding hydrogens is 562 g/mol. The third-order valence-corrected chi connectivity index (χ3v) is 12.4. The van der Waals surface area contributed by atoms with E-state index in [4.69, 9.17) is 4.74 Å². The summed E-state index contributed by atoms with van der Waals surface area (Å²) in [6.45, 7) is 14.4. The van der Waals surface area contributed by atoms with Gasteiger partial charge in [0.05, 0.1) is 33.7 Å². The molecule has 4 unspecified atom stereocenters. The number of quaternary nitrogens is 1. The first-order valence-corrected chi connectivity index (χ1v) is 16.7. The molecule has 0 amide bonds. The van der Waals surface area contributed by atoms with E-state index in [1.165, 1.54) is 57.8 Å². The maximum Gasteiger partial charge on any atom is 0.306 e. The Hall–Kier alpha value is -0.390. The molecule has 1 N–H and O–H groups in total. The van der Waals surface area contributed by atoms with Crippen molar-refractivity contribution in [2.45, 2.75) is 124 Å². The molecule has 0 bridgehead atoms. The summed E-state index contributed by atoms with van der Waals surface area (Å²) in [7, 11) is 4.22. The Balaban J connectivity index is 0.00000441. The zero-order chi connectivity index (χ0) is 28.4. The van der Waals surface area contributed by atoms with Gasteiger partial charge in [0.25, 0.3) is 0 Å². The Morgan fingerprint density at radius 2 is 1.77 bits per heavy atom. The quantitative estimate of drug-likeness (QED) is 0.193. The van der Waals surface area contributed by atoms with Crippen LogP contribution in [0.1, 0.15) is 118 Å². The lowest BCUT2D eigenvalue weighted by Gasteiger charge is -2.58. The molecule has 3 fully saturated rings. The molecule has 8 atom stereocenters. The van der Waals surface area contributed by atoms with Crippen LogP contribution >= 0.6 is 0 Å². The van der Waals surface area contributed by atoms with Gasteiger partial charge in [-0.1, -0.05) is 65.5 Å². The average molecular weight is 625 g/mol. The summed E-state index contributed by atoms with van der Waals surface area (Å²) in [4.78, 5) is 12.7. The van der Waals surface area contributed by atoms with E-state index in [0.717, 1.165) is 72.3 Å². The summed E-state index contributed by atoms with van der Waals surface area (Å²) in [6.07, 6.45) is 18.3. The minimum Gasteiger partial charge on any atom is -1.00 e. The molecule has 4 aliphatic rings. The van der Waals surface area contributed by atoms with E-state index in [9.17, 15) is 9.90 Å². The van der Waals surface area contributed by atoms with Crippen molar-refractivity contribution in [1.29, 1.82) is 0 Å². The number of halogens is 1. The number of aliphatic hydroxyl groups is 1. The number of nitrogens with zero attached hydrogens (tertiary/aromatic N) is 1. The molecular formula is C35H62BrNO3. The highest BCUT2D eigenvalue weighted by Crippen LogP contribution is 2.67. The maximum absolute atomic E-state index is 12.7. The largest absolute Gasteiger partial charge is 1.00 e. The van der Waals surface area contributed by atoms with Crippen molar-refractivity contribution in [1.82, 2.24) is 0 Å². The molecule has 0 aliphatic heterocycles. The monoisotopic (exact) mass is 623 g/mol. The smallest absolute Gasteiger partial charge is 0.306 e. The lowest BCUT2D eigenvalue weighted by Crippen LogP contribution is -3.00. The van der Waals surface area contributed by atoms with E-state index in [-0.39, 0.29) is 35.7 Å². The highest BCUT2D eigenvalue weighted by molar-refractivity contribution is 5.69. The topological polar surface area (TPSA) is 46.5 Å². The first kappa shape index (κ1) is 34.1. The molecule has 4 rings (SSSR count). The van der Waals surface area contributed by atoms with Crippen LogP contribution in [0.3, 0.4) is 0 Å². The lowest BCUT2D eigenvalue weighted by molar-refractivity contribution is -0.890. The van der Waals surface area contributed by atoms with E-state index in [1.54, 1.807) is 5.57 Å². The third-order valence-electron chi connectivity index (χ3n) is 12.4. The Labute approximate surface area is 257 Å². The van der Waals surface area contributed by atoms with E-state index in [0.29, 0.717) is 17.3 Å². The van der Waals surface area contributed by atoms with Crippen LogP contribution < -0.4 is 17.0 Å². The van der Waals surface area contributed by atoms with Crippen LogP contribution in [0.25, 0.3) is 0 Å². The molecule has 40 heavy (non-hydrogen) atoms. The Morgan fingerprint density at radius 1 is 1.02 bits per heavy atom. The van der Waals surface area contributed by atoms with Crippen molar-refractivity contribution >= 4 is 5.97 Å². The van der Waals surface area contributed by atoms with Gasteiger partial charge in [-0.05, 0) is 91.3 Å². The molecule has 3 saturated carbocycles. The molecule has 4 aliphatic carbocycles. The summed E-state index contributed by atoms with van der Waals surface area (Å²) >= 11 is 0. The number of rotatable bonds is 12. The van der Waals surface area contributed by atoms with Gasteiger partial charge < -0.3 is 31.3 Å². The standard InChI is InChI=1S/C35H62NO3.BrH/c1-25(2)10-8-11-26(3)30-15-16-31-29-14-13-27-24-28(39-33(38)12-9-21-36(6,7)22-23-37)17-19-34(27,4)32(29)18-20-35(30,31)5;/h13,25-26,28-32,37H,8-12,14-24H2,1-7H3;1H/q+1;/p-1/t26-,28+,29?,30?,31?,32?,34+,35-;/m1./s1. The second-order valence-electron chi connectivity index (χ2n) is 15.9. The number of esters is 1. The van der Waals surface area contributed by atoms with E-state index in [1.807, 2.05) is 0 Å². The lowest BCUT2D eigenvalue weighted by atomic mass is 9.47. The van der Waals surface area contributed by atoms with Crippen molar-refractivity contribution in [3.63, 3.8) is 0 Å². The molecule has 4 nitrogen and oxygen atoms in total. The van der Waals surface area contributed by atoms with Gasteiger partial charge in [-0.3, -0.25) is 4.79 Å². The normalized spacial score (nSPS) is 36.1. The number of carbonyl (C=O) groups excluding carboxylic acids is 1. The molecule has 5 heteroatoms. The SMILES string of the molecule is CC(C)CCC[C@@H](C)C1CCC2C3CC=C4C[C@@H](OC(=O)CCC[N+](C)(C)CCO)CC[C@]4(C)C3CC[C@@]21C.[Br-]. The fourth-order valence-electron chi connectivity index (χ4n) is 10.0. The Morgan fingerprint density at radius 3 is 2.48 bits per heavy atom. The predicted molar refractivity (Wildman–Crippen MR) is 161 cm³/mol. The third kappa shape index (κ3) is 7.39. The maximum atomic E-state index is 12.7. The van der Waals surface area contributed by atoms with Crippen LogP contribution in [0.15, 0.2) is 11.6 Å². The minimum absolute atomic E-state index is 0. The second-order valence-corrected chi connectivity index (χ2v) is 15.9. The average Bonchev–Trinajstić information content (AvgIpc) is 3.21. The van der Waals surface area contributed by atoms with Gasteiger partial charge >= 0.3 is 5.97 Å². The van der Waals surface area contributed by atoms with E-state index < -0.39 is 0 Å². The van der Waals surface area contributed by atoms with Gasteiger partial charge in [0.15, 0.2) is 0 Å². The van der Waals surface area contributed by atoms with Crippen LogP contribution in [-0.4, -0.2) is 55.5 Å². The number of hydrogen-bond acceptors (Lipinski definition) is 3. The number of fused-ring (bicyclic) bond motifs is 5. The number of likely N-dealkylation sites (N-methyl/N-ethyl adjacent to an activating group) is 1. The summed E-state index contributed by atoms with van der Waals surface area (Å²) in [6, 6.07) is 0. The van der Waals surface area contributed by atoms with Crippen molar-refractivity contribution in [3.05, 3.63) is 11.6 Å². The van der Waals surface area contributed by atoms with Crippen LogP contribution in [0.2, 0.25) is 0 Å². The van der Waals surface area contributed by atoms with Crippen molar-refractivity contribution in [2.24, 2.45) is 46.3 Å². The Bertz CT molecular complexity index is 871. The van der Waals surface area contributed by atoms with Gasteiger partial charge in [-0.2, -0.15) is 0 Å². The molecule has 0 saturated heterocycles. The molecule has 0 radical (unpaired) electrons. The Kier molecular flexibility index (Phi) is 11.9. The highest BCUT2D eigenvalue weighted by Gasteiger charge is 2.59. The van der Waals surface area contributed by atoms with Crippen LogP contribution in [0.5, 0.6) is 0 Å². The summed E-state index contributed by atoms with van der Waals surface area (Å²) < 4.78 is 6.78. The predicted octanol–water partition coefficient (Wildman–Crippen LogP) is 4.79. The molecule has 0 aromatic rings. The first-order chi connectivity index (χ1) is 18.4. The van der Waals surface area contributed by atoms with Gasteiger partial charge in [0.1, 0.15) is 12.6 Å². The van der Waals surface area contributed by atoms with Gasteiger partial charge in [-0.25, -0.2) is 0 Å². The highest BCUT2D eigenvalue weighted by atomic mass is 79.9. The van der Waals surface area contributed by atoms with Gasteiger partial charge in [0, 0.05) is 12.8 Å². The first-order valence-electron chi connectivity index (χ1n) is 16.7. The molecule has 232 valence electrons. The zero-order valence-corrected chi connectivity index (χ0v) is 28.6. The van der Waals surface area contributed by atoms with E-state index in [2.05, 4.69) is 54.8 Å². The fraction of sp³-hybridized carbons (Fsp3) is 0.914. The molecule has 0 spiro atoms. The van der Waals surface area contributed by atoms with Crippen LogP contribution in [0, 0.1) is 46.3 Å². The zero-order valence-electron chi connectivity index (χ0n) is 27.0. The van der Waals surface area contributed by atoms with Gasteiger partial charge in [-0.15, -0.1) is 0 Å². The number of allylic oxidation sites excluding steroid dienone is 1. The van der Waals surface area contributed by atoms with Crippen LogP contribution in [0.4, 0.5) is 0 Å². The molecule has 0 aromatic heterocycles. The fourth-order valence-corrected chi connectivity index (χ4v) is 10.0. The summed E-state index contributed by atoms with van der Waals surface area (Å²) in [5.41, 5.74) is 2.45. The number of hydrogen-bond donors (Lipinski definition) is 1. The van der Waals surface area contributed by atoms with Crippen molar-refractivity contribution < 1.29 is 36.1 Å². The number of aliphatic hydroxyl groups excluding tert-OH is 1. The molecule has 0 heterocycles.